The van der Waals surface area contributed by atoms with E-state index >= 15 is 0 Å². The predicted molar refractivity (Wildman–Crippen MR) is 89.0 cm³/mol. The maximum atomic E-state index is 12.8. The number of nitrogens with zero attached hydrogens (tertiary/aromatic N) is 2. The summed E-state index contributed by atoms with van der Waals surface area (Å²) in [5.41, 5.74) is 7.00. The quantitative estimate of drug-likeness (QED) is 0.911. The molecule has 0 spiro atoms. The van der Waals surface area contributed by atoms with Crippen LogP contribution in [0.3, 0.4) is 0 Å². The van der Waals surface area contributed by atoms with Crippen molar-refractivity contribution in [3.8, 4) is 0 Å². The Kier molecular flexibility index (Phi) is 4.96. The van der Waals surface area contributed by atoms with Gasteiger partial charge in [0.2, 0.25) is 10.0 Å². The molecular weight excluding hydrogens is 298 g/mol. The van der Waals surface area contributed by atoms with E-state index in [4.69, 9.17) is 5.73 Å². The molecule has 6 heteroatoms. The minimum atomic E-state index is -3.44. The molecule has 124 valence electrons. The molecule has 0 aliphatic carbocycles. The second-order valence-corrected chi connectivity index (χ2v) is 9.04. The highest BCUT2D eigenvalue weighted by Gasteiger charge is 2.38. The predicted octanol–water partition coefficient (Wildman–Crippen LogP) is 1.50. The Morgan fingerprint density at radius 3 is 2.36 bits per heavy atom. The molecule has 2 N–H and O–H groups in total. The van der Waals surface area contributed by atoms with Crippen molar-refractivity contribution in [3.05, 3.63) is 29.8 Å². The molecular formula is C16H27N3O2S. The molecule has 1 aromatic rings. The second kappa shape index (κ2) is 6.28. The summed E-state index contributed by atoms with van der Waals surface area (Å²) in [6.45, 7) is 5.81. The van der Waals surface area contributed by atoms with Crippen molar-refractivity contribution in [1.29, 1.82) is 0 Å². The van der Waals surface area contributed by atoms with E-state index in [1.165, 1.54) is 0 Å². The van der Waals surface area contributed by atoms with E-state index in [-0.39, 0.29) is 11.5 Å². The molecule has 0 amide bonds. The van der Waals surface area contributed by atoms with Crippen LogP contribution in [0.4, 0.5) is 0 Å². The zero-order valence-electron chi connectivity index (χ0n) is 13.9. The van der Waals surface area contributed by atoms with Gasteiger partial charge in [0.25, 0.3) is 0 Å². The number of nitrogens with two attached hydrogens (primary N) is 1. The number of hydrogen-bond acceptors (Lipinski definition) is 4. The van der Waals surface area contributed by atoms with Gasteiger partial charge in [-0.15, -0.1) is 0 Å². The summed E-state index contributed by atoms with van der Waals surface area (Å²) in [5, 5.41) is 0. The number of benzene rings is 1. The van der Waals surface area contributed by atoms with Crippen molar-refractivity contribution >= 4 is 10.0 Å². The smallest absolute Gasteiger partial charge is 0.243 e. The molecule has 2 rings (SSSR count). The standard InChI is InChI=1S/C16H27N3O2S/c1-16(2)12-19(10-9-15(16)17)22(20,21)14-7-5-13(6-8-14)11-18(3)4/h5-8,15H,9-12,17H2,1-4H3/t15-/m1/s1. The van der Waals surface area contributed by atoms with Gasteiger partial charge in [-0.3, -0.25) is 0 Å². The van der Waals surface area contributed by atoms with Gasteiger partial charge in [0.15, 0.2) is 0 Å². The average Bonchev–Trinajstić information content (AvgIpc) is 2.41. The van der Waals surface area contributed by atoms with Gasteiger partial charge in [0.1, 0.15) is 0 Å². The Balaban J connectivity index is 2.20. The van der Waals surface area contributed by atoms with Gasteiger partial charge in [0, 0.05) is 25.7 Å². The maximum Gasteiger partial charge on any atom is 0.243 e. The van der Waals surface area contributed by atoms with Gasteiger partial charge in [-0.1, -0.05) is 26.0 Å². The fourth-order valence-electron chi connectivity index (χ4n) is 2.81. The maximum absolute atomic E-state index is 12.8. The SMILES string of the molecule is CN(C)Cc1ccc(S(=O)(=O)N2CC[C@@H](N)C(C)(C)C2)cc1. The van der Waals surface area contributed by atoms with E-state index in [2.05, 4.69) is 4.90 Å². The molecule has 0 bridgehead atoms. The lowest BCUT2D eigenvalue weighted by Gasteiger charge is -2.41. The Labute approximate surface area is 134 Å². The molecule has 0 radical (unpaired) electrons. The largest absolute Gasteiger partial charge is 0.327 e. The summed E-state index contributed by atoms with van der Waals surface area (Å²) in [5.74, 6) is 0. The fourth-order valence-corrected chi connectivity index (χ4v) is 4.44. The summed E-state index contributed by atoms with van der Waals surface area (Å²) < 4.78 is 27.1. The first-order valence-electron chi connectivity index (χ1n) is 7.62. The normalized spacial score (nSPS) is 22.9. The average molecular weight is 325 g/mol. The van der Waals surface area contributed by atoms with Crippen LogP contribution in [0, 0.1) is 5.41 Å². The Morgan fingerprint density at radius 2 is 1.86 bits per heavy atom. The molecule has 0 saturated carbocycles. The first-order valence-corrected chi connectivity index (χ1v) is 9.06. The van der Waals surface area contributed by atoms with Crippen molar-refractivity contribution in [3.63, 3.8) is 0 Å². The third-order valence-electron chi connectivity index (χ3n) is 4.34. The third kappa shape index (κ3) is 3.68. The topological polar surface area (TPSA) is 66.6 Å². The van der Waals surface area contributed by atoms with Crippen LogP contribution < -0.4 is 5.73 Å². The van der Waals surface area contributed by atoms with Gasteiger partial charge in [-0.2, -0.15) is 4.31 Å². The first-order chi connectivity index (χ1) is 10.1. The Bertz CT molecular complexity index is 609. The van der Waals surface area contributed by atoms with Gasteiger partial charge < -0.3 is 10.6 Å². The van der Waals surface area contributed by atoms with Crippen LogP contribution in [-0.4, -0.2) is 50.8 Å². The van der Waals surface area contributed by atoms with E-state index in [1.807, 2.05) is 40.1 Å². The number of rotatable bonds is 4. The monoisotopic (exact) mass is 325 g/mol. The van der Waals surface area contributed by atoms with Crippen molar-refractivity contribution in [2.75, 3.05) is 27.2 Å². The summed E-state index contributed by atoms with van der Waals surface area (Å²) in [7, 11) is 0.542. The van der Waals surface area contributed by atoms with E-state index in [0.717, 1.165) is 12.1 Å². The molecule has 1 saturated heterocycles. The molecule has 1 aromatic carbocycles. The lowest BCUT2D eigenvalue weighted by atomic mass is 9.81. The molecule has 1 fully saturated rings. The van der Waals surface area contributed by atoms with Crippen LogP contribution in [0.1, 0.15) is 25.8 Å². The van der Waals surface area contributed by atoms with E-state index in [0.29, 0.717) is 24.4 Å². The minimum absolute atomic E-state index is 0.0430. The van der Waals surface area contributed by atoms with E-state index < -0.39 is 10.0 Å². The molecule has 22 heavy (non-hydrogen) atoms. The van der Waals surface area contributed by atoms with Crippen LogP contribution in [0.25, 0.3) is 0 Å². The zero-order valence-corrected chi connectivity index (χ0v) is 14.7. The lowest BCUT2D eigenvalue weighted by molar-refractivity contribution is 0.155. The fraction of sp³-hybridized carbons (Fsp3) is 0.625. The lowest BCUT2D eigenvalue weighted by Crippen LogP contribution is -2.53. The molecule has 0 unspecified atom stereocenters. The van der Waals surface area contributed by atoms with Crippen LogP contribution in [0.5, 0.6) is 0 Å². The van der Waals surface area contributed by atoms with Gasteiger partial charge >= 0.3 is 0 Å². The van der Waals surface area contributed by atoms with Crippen LogP contribution in [0.15, 0.2) is 29.2 Å². The van der Waals surface area contributed by atoms with Crippen molar-refractivity contribution in [2.24, 2.45) is 11.1 Å². The molecule has 1 heterocycles. The number of sulfonamides is 1. The first kappa shape index (κ1) is 17.4. The van der Waals surface area contributed by atoms with Crippen molar-refractivity contribution in [2.45, 2.75) is 37.8 Å². The minimum Gasteiger partial charge on any atom is -0.327 e. The second-order valence-electron chi connectivity index (χ2n) is 7.10. The highest BCUT2D eigenvalue weighted by molar-refractivity contribution is 7.89. The zero-order chi connectivity index (χ0) is 16.5. The van der Waals surface area contributed by atoms with Gasteiger partial charge in [0.05, 0.1) is 4.90 Å². The summed E-state index contributed by atoms with van der Waals surface area (Å²) in [6.07, 6.45) is 0.699. The Morgan fingerprint density at radius 1 is 1.27 bits per heavy atom. The number of hydrogen-bond donors (Lipinski definition) is 1. The number of piperidine rings is 1. The van der Waals surface area contributed by atoms with Crippen molar-refractivity contribution < 1.29 is 8.42 Å². The van der Waals surface area contributed by atoms with E-state index in [9.17, 15) is 8.42 Å². The van der Waals surface area contributed by atoms with Crippen LogP contribution in [-0.2, 0) is 16.6 Å². The van der Waals surface area contributed by atoms with E-state index in [1.54, 1.807) is 16.4 Å². The van der Waals surface area contributed by atoms with Crippen molar-refractivity contribution in [1.82, 2.24) is 9.21 Å². The Hall–Kier alpha value is -0.950. The molecule has 1 atom stereocenters. The molecule has 1 aliphatic rings. The summed E-state index contributed by atoms with van der Waals surface area (Å²) in [4.78, 5) is 2.42. The highest BCUT2D eigenvalue weighted by atomic mass is 32.2. The van der Waals surface area contributed by atoms with Gasteiger partial charge in [-0.25, -0.2) is 8.42 Å². The third-order valence-corrected chi connectivity index (χ3v) is 6.20. The highest BCUT2D eigenvalue weighted by Crippen LogP contribution is 2.31. The summed E-state index contributed by atoms with van der Waals surface area (Å²) in [6, 6.07) is 7.22. The molecule has 5 nitrogen and oxygen atoms in total. The van der Waals surface area contributed by atoms with Crippen LogP contribution >= 0.6 is 0 Å². The van der Waals surface area contributed by atoms with Gasteiger partial charge in [-0.05, 0) is 43.6 Å². The molecule has 1 aliphatic heterocycles. The summed E-state index contributed by atoms with van der Waals surface area (Å²) >= 11 is 0. The van der Waals surface area contributed by atoms with Crippen LogP contribution in [0.2, 0.25) is 0 Å². The molecule has 0 aromatic heterocycles.